The Morgan fingerprint density at radius 3 is 2.40 bits per heavy atom. The average molecular weight is 597 g/mol. The molecule has 3 rings (SSSR count). The molecule has 0 aromatic heterocycles. The summed E-state index contributed by atoms with van der Waals surface area (Å²) in [5.41, 5.74) is 4.54. The summed E-state index contributed by atoms with van der Waals surface area (Å²) in [6.07, 6.45) is 1.43. The molecule has 0 saturated heterocycles. The molecule has 0 aliphatic rings. The summed E-state index contributed by atoms with van der Waals surface area (Å²) in [6, 6.07) is 18.5. The zero-order valence-electron chi connectivity index (χ0n) is 19.4. The maximum absolute atomic E-state index is 12.8. The molecule has 2 N–H and O–H groups in total. The van der Waals surface area contributed by atoms with Gasteiger partial charge in [-0.1, -0.05) is 46.3 Å². The van der Waals surface area contributed by atoms with Gasteiger partial charge < -0.3 is 15.4 Å². The van der Waals surface area contributed by atoms with Crippen molar-refractivity contribution in [2.75, 3.05) is 17.2 Å². The number of para-hydroxylation sites is 1. The van der Waals surface area contributed by atoms with E-state index in [9.17, 15) is 14.9 Å². The first-order chi connectivity index (χ1) is 16.7. The zero-order chi connectivity index (χ0) is 25.5. The molecule has 2 amide bonds. The SMILES string of the molecule is Cc1ccc(C)c(NC(=O)COc2c(Br)cc(Br)cc2/C=C(/C#N)C(=O)Nc2ccccc2C)c1. The van der Waals surface area contributed by atoms with E-state index in [1.165, 1.54) is 6.08 Å². The number of hydrogen-bond acceptors (Lipinski definition) is 4. The molecule has 6 nitrogen and oxygen atoms in total. The number of carbonyl (C=O) groups excluding carboxylic acids is 2. The second-order valence-electron chi connectivity index (χ2n) is 7.90. The van der Waals surface area contributed by atoms with Crippen LogP contribution in [0.2, 0.25) is 0 Å². The first-order valence-electron chi connectivity index (χ1n) is 10.7. The Morgan fingerprint density at radius 2 is 1.69 bits per heavy atom. The molecule has 0 bridgehead atoms. The number of ether oxygens (including phenoxy) is 1. The number of halogens is 2. The molecule has 0 unspecified atom stereocenters. The third kappa shape index (κ3) is 7.04. The van der Waals surface area contributed by atoms with Crippen LogP contribution in [0.15, 0.2) is 69.1 Å². The van der Waals surface area contributed by atoms with E-state index >= 15 is 0 Å². The van der Waals surface area contributed by atoms with Crippen LogP contribution in [-0.4, -0.2) is 18.4 Å². The fraction of sp³-hybridized carbons (Fsp3) is 0.148. The number of nitriles is 1. The van der Waals surface area contributed by atoms with Gasteiger partial charge in [0.05, 0.1) is 4.47 Å². The number of hydrogen-bond donors (Lipinski definition) is 2. The third-order valence-electron chi connectivity index (χ3n) is 5.11. The van der Waals surface area contributed by atoms with Gasteiger partial charge in [0.15, 0.2) is 6.61 Å². The van der Waals surface area contributed by atoms with Crippen molar-refractivity contribution >= 4 is 61.1 Å². The van der Waals surface area contributed by atoms with Crippen molar-refractivity contribution in [3.8, 4) is 11.8 Å². The van der Waals surface area contributed by atoms with Gasteiger partial charge in [0, 0.05) is 21.4 Å². The lowest BCUT2D eigenvalue weighted by Crippen LogP contribution is -2.21. The minimum atomic E-state index is -0.545. The van der Waals surface area contributed by atoms with Gasteiger partial charge in [0.25, 0.3) is 11.8 Å². The zero-order valence-corrected chi connectivity index (χ0v) is 22.6. The lowest BCUT2D eigenvalue weighted by molar-refractivity contribution is -0.118. The minimum absolute atomic E-state index is 0.108. The van der Waals surface area contributed by atoms with E-state index in [1.54, 1.807) is 24.3 Å². The van der Waals surface area contributed by atoms with Crippen LogP contribution in [-0.2, 0) is 9.59 Å². The summed E-state index contributed by atoms with van der Waals surface area (Å²) in [4.78, 5) is 25.3. The van der Waals surface area contributed by atoms with Crippen LogP contribution in [0.1, 0.15) is 22.3 Å². The molecule has 0 saturated carbocycles. The van der Waals surface area contributed by atoms with Crippen molar-refractivity contribution in [2.45, 2.75) is 20.8 Å². The summed E-state index contributed by atoms with van der Waals surface area (Å²) >= 11 is 6.87. The molecule has 0 aliphatic carbocycles. The fourth-order valence-electron chi connectivity index (χ4n) is 3.24. The molecule has 178 valence electrons. The van der Waals surface area contributed by atoms with Crippen molar-refractivity contribution in [1.82, 2.24) is 0 Å². The van der Waals surface area contributed by atoms with Crippen molar-refractivity contribution in [3.05, 3.63) is 91.4 Å². The van der Waals surface area contributed by atoms with Gasteiger partial charge >= 0.3 is 0 Å². The highest BCUT2D eigenvalue weighted by atomic mass is 79.9. The van der Waals surface area contributed by atoms with E-state index in [2.05, 4.69) is 42.5 Å². The Labute approximate surface area is 221 Å². The summed E-state index contributed by atoms with van der Waals surface area (Å²) < 4.78 is 7.10. The van der Waals surface area contributed by atoms with Gasteiger partial charge in [-0.25, -0.2) is 0 Å². The molecular weight excluding hydrogens is 574 g/mol. The topological polar surface area (TPSA) is 91.2 Å². The lowest BCUT2D eigenvalue weighted by Gasteiger charge is -2.14. The van der Waals surface area contributed by atoms with Crippen molar-refractivity contribution in [3.63, 3.8) is 0 Å². The highest BCUT2D eigenvalue weighted by molar-refractivity contribution is 9.11. The molecule has 0 atom stereocenters. The Hall–Kier alpha value is -3.41. The van der Waals surface area contributed by atoms with Gasteiger partial charge in [-0.3, -0.25) is 9.59 Å². The fourth-order valence-corrected chi connectivity index (χ4v) is 4.61. The van der Waals surface area contributed by atoms with Crippen molar-refractivity contribution < 1.29 is 14.3 Å². The van der Waals surface area contributed by atoms with Gasteiger partial charge in [0.2, 0.25) is 0 Å². The number of rotatable bonds is 7. The number of benzene rings is 3. The molecule has 3 aromatic rings. The number of amides is 2. The monoisotopic (exact) mass is 595 g/mol. The molecule has 0 spiro atoms. The molecule has 0 radical (unpaired) electrons. The van der Waals surface area contributed by atoms with Crippen LogP contribution in [0.5, 0.6) is 5.75 Å². The van der Waals surface area contributed by atoms with E-state index in [-0.39, 0.29) is 18.1 Å². The predicted molar refractivity (Wildman–Crippen MR) is 145 cm³/mol. The predicted octanol–water partition coefficient (Wildman–Crippen LogP) is 6.70. The second kappa shape index (κ2) is 11.8. The van der Waals surface area contributed by atoms with Gasteiger partial charge in [-0.2, -0.15) is 5.26 Å². The van der Waals surface area contributed by atoms with Crippen LogP contribution < -0.4 is 15.4 Å². The van der Waals surface area contributed by atoms with Crippen molar-refractivity contribution in [1.29, 1.82) is 5.26 Å². The maximum Gasteiger partial charge on any atom is 0.266 e. The molecule has 0 heterocycles. The molecular formula is C27H23Br2N3O3. The summed E-state index contributed by atoms with van der Waals surface area (Å²) in [6.45, 7) is 5.47. The maximum atomic E-state index is 12.8. The normalized spacial score (nSPS) is 10.9. The van der Waals surface area contributed by atoms with Gasteiger partial charge in [-0.05, 0) is 83.7 Å². The Kier molecular flexibility index (Phi) is 8.85. The first-order valence-corrected chi connectivity index (χ1v) is 12.2. The smallest absolute Gasteiger partial charge is 0.266 e. The van der Waals surface area contributed by atoms with Crippen LogP contribution in [0.25, 0.3) is 6.08 Å². The van der Waals surface area contributed by atoms with Crippen LogP contribution >= 0.6 is 31.9 Å². The molecule has 35 heavy (non-hydrogen) atoms. The standard InChI is InChI=1S/C27H23Br2N3O3/c1-16-8-9-18(3)24(10-16)31-25(33)15-35-26-19(12-21(28)13-22(26)29)11-20(14-30)27(34)32-23-7-5-4-6-17(23)2/h4-13H,15H2,1-3H3,(H,31,33)(H,32,34)/b20-11-. The number of nitrogens with zero attached hydrogens (tertiary/aromatic N) is 1. The van der Waals surface area contributed by atoms with Gasteiger partial charge in [0.1, 0.15) is 17.4 Å². The van der Waals surface area contributed by atoms with E-state index in [0.717, 1.165) is 16.7 Å². The number of nitrogens with one attached hydrogen (secondary N) is 2. The highest BCUT2D eigenvalue weighted by Crippen LogP contribution is 2.34. The molecule has 0 fully saturated rings. The third-order valence-corrected chi connectivity index (χ3v) is 6.16. The van der Waals surface area contributed by atoms with E-state index < -0.39 is 5.91 Å². The number of carbonyl (C=O) groups is 2. The first kappa shape index (κ1) is 26.2. The van der Waals surface area contributed by atoms with E-state index in [4.69, 9.17) is 4.74 Å². The van der Waals surface area contributed by atoms with Crippen molar-refractivity contribution in [2.24, 2.45) is 0 Å². The minimum Gasteiger partial charge on any atom is -0.482 e. The van der Waals surface area contributed by atoms with Crippen LogP contribution in [0.3, 0.4) is 0 Å². The van der Waals surface area contributed by atoms with E-state index in [1.807, 2.05) is 57.2 Å². The Bertz CT molecular complexity index is 1360. The van der Waals surface area contributed by atoms with E-state index in [0.29, 0.717) is 31.6 Å². The quantitative estimate of drug-likeness (QED) is 0.234. The molecule has 8 heteroatoms. The average Bonchev–Trinajstić information content (AvgIpc) is 2.80. The highest BCUT2D eigenvalue weighted by Gasteiger charge is 2.16. The van der Waals surface area contributed by atoms with Crippen LogP contribution in [0, 0.1) is 32.1 Å². The number of anilines is 2. The second-order valence-corrected chi connectivity index (χ2v) is 9.67. The molecule has 0 aliphatic heterocycles. The summed E-state index contributed by atoms with van der Waals surface area (Å²) in [7, 11) is 0. The Morgan fingerprint density at radius 1 is 0.971 bits per heavy atom. The largest absolute Gasteiger partial charge is 0.482 e. The summed E-state index contributed by atoms with van der Waals surface area (Å²) in [5.74, 6) is -0.543. The number of aryl methyl sites for hydroxylation is 3. The Balaban J connectivity index is 1.82. The lowest BCUT2D eigenvalue weighted by atomic mass is 10.1. The van der Waals surface area contributed by atoms with Gasteiger partial charge in [-0.15, -0.1) is 0 Å². The van der Waals surface area contributed by atoms with Crippen LogP contribution in [0.4, 0.5) is 11.4 Å². The summed E-state index contributed by atoms with van der Waals surface area (Å²) in [5, 5.41) is 15.3. The molecule has 3 aromatic carbocycles.